The Hall–Kier alpha value is -0.480. The average molecular weight is 211 g/mol. The molecule has 4 heteroatoms. The first kappa shape index (κ1) is 10.1. The van der Waals surface area contributed by atoms with E-state index in [-0.39, 0.29) is 0 Å². The third kappa shape index (κ3) is 2.51. The predicted molar refractivity (Wildman–Crippen MR) is 60.7 cm³/mol. The molecule has 1 aromatic heterocycles. The topological polar surface area (TPSA) is 29.9 Å². The zero-order valence-electron chi connectivity index (χ0n) is 8.57. The summed E-state index contributed by atoms with van der Waals surface area (Å²) in [6, 6.07) is 0.740. The average Bonchev–Trinajstić information content (AvgIpc) is 2.78. The second-order valence-corrected chi connectivity index (χ2v) is 4.83. The maximum absolute atomic E-state index is 4.20. The van der Waals surface area contributed by atoms with Crippen LogP contribution in [0.3, 0.4) is 0 Å². The molecule has 1 atom stereocenters. The summed E-state index contributed by atoms with van der Waals surface area (Å²) >= 11 is 2.05. The zero-order valence-corrected chi connectivity index (χ0v) is 9.39. The Morgan fingerprint density at radius 2 is 2.64 bits per heavy atom. The Bertz CT molecular complexity index is 279. The standard InChI is InChI=1S/C10H17N3S/c1-9-11-3-5-13(9)6-4-12-10-2-7-14-8-10/h3,5,10,12H,2,4,6-8H2,1H3. The van der Waals surface area contributed by atoms with E-state index in [0.717, 1.165) is 25.0 Å². The van der Waals surface area contributed by atoms with E-state index < -0.39 is 0 Å². The predicted octanol–water partition coefficient (Wildman–Crippen LogP) is 1.29. The monoisotopic (exact) mass is 211 g/mol. The molecular weight excluding hydrogens is 194 g/mol. The van der Waals surface area contributed by atoms with Gasteiger partial charge in [-0.3, -0.25) is 0 Å². The van der Waals surface area contributed by atoms with Crippen LogP contribution in [0.15, 0.2) is 12.4 Å². The van der Waals surface area contributed by atoms with Crippen LogP contribution in [0.5, 0.6) is 0 Å². The number of rotatable bonds is 4. The molecule has 2 heterocycles. The molecule has 2 rings (SSSR count). The van der Waals surface area contributed by atoms with E-state index in [4.69, 9.17) is 0 Å². The van der Waals surface area contributed by atoms with Crippen molar-refractivity contribution >= 4 is 11.8 Å². The van der Waals surface area contributed by atoms with Crippen LogP contribution in [0.4, 0.5) is 0 Å². The van der Waals surface area contributed by atoms with Gasteiger partial charge in [0.2, 0.25) is 0 Å². The summed E-state index contributed by atoms with van der Waals surface area (Å²) in [5.41, 5.74) is 0. The first-order valence-corrected chi connectivity index (χ1v) is 6.30. The number of aromatic nitrogens is 2. The summed E-state index contributed by atoms with van der Waals surface area (Å²) in [6.07, 6.45) is 5.23. The SMILES string of the molecule is Cc1nccn1CCNC1CCSC1. The third-order valence-electron chi connectivity index (χ3n) is 2.64. The zero-order chi connectivity index (χ0) is 9.80. The van der Waals surface area contributed by atoms with E-state index in [9.17, 15) is 0 Å². The maximum Gasteiger partial charge on any atom is 0.105 e. The highest BCUT2D eigenvalue weighted by Gasteiger charge is 2.13. The van der Waals surface area contributed by atoms with Crippen molar-refractivity contribution in [3.8, 4) is 0 Å². The van der Waals surface area contributed by atoms with Crippen molar-refractivity contribution in [2.24, 2.45) is 0 Å². The third-order valence-corrected chi connectivity index (χ3v) is 3.80. The van der Waals surface area contributed by atoms with Gasteiger partial charge in [0.25, 0.3) is 0 Å². The normalized spacial score (nSPS) is 21.6. The Balaban J connectivity index is 1.70. The number of nitrogens with zero attached hydrogens (tertiary/aromatic N) is 2. The Kier molecular flexibility index (Phi) is 3.48. The highest BCUT2D eigenvalue weighted by atomic mass is 32.2. The smallest absolute Gasteiger partial charge is 0.105 e. The van der Waals surface area contributed by atoms with Gasteiger partial charge in [0.15, 0.2) is 0 Å². The summed E-state index contributed by atoms with van der Waals surface area (Å²) < 4.78 is 2.19. The number of hydrogen-bond donors (Lipinski definition) is 1. The number of thioether (sulfide) groups is 1. The summed E-state index contributed by atoms with van der Waals surface area (Å²) in [6.45, 7) is 4.14. The Morgan fingerprint density at radius 1 is 1.71 bits per heavy atom. The van der Waals surface area contributed by atoms with Gasteiger partial charge in [0.05, 0.1) is 0 Å². The lowest BCUT2D eigenvalue weighted by molar-refractivity contribution is 0.517. The molecule has 1 saturated heterocycles. The van der Waals surface area contributed by atoms with Gasteiger partial charge in [-0.05, 0) is 19.1 Å². The highest BCUT2D eigenvalue weighted by Crippen LogP contribution is 2.16. The van der Waals surface area contributed by atoms with Crippen LogP contribution in [0.1, 0.15) is 12.2 Å². The van der Waals surface area contributed by atoms with Crippen molar-refractivity contribution < 1.29 is 0 Å². The van der Waals surface area contributed by atoms with E-state index in [2.05, 4.69) is 26.6 Å². The second kappa shape index (κ2) is 4.84. The maximum atomic E-state index is 4.20. The Labute approximate surface area is 89.3 Å². The van der Waals surface area contributed by atoms with Crippen LogP contribution in [-0.2, 0) is 6.54 Å². The molecule has 14 heavy (non-hydrogen) atoms. The van der Waals surface area contributed by atoms with Crippen molar-refractivity contribution in [1.29, 1.82) is 0 Å². The molecule has 1 aromatic rings. The van der Waals surface area contributed by atoms with Gasteiger partial charge in [-0.25, -0.2) is 4.98 Å². The summed E-state index contributed by atoms with van der Waals surface area (Å²) in [5, 5.41) is 3.58. The molecule has 0 aromatic carbocycles. The van der Waals surface area contributed by atoms with Crippen molar-refractivity contribution in [2.45, 2.75) is 25.9 Å². The van der Waals surface area contributed by atoms with Crippen LogP contribution in [0.2, 0.25) is 0 Å². The van der Waals surface area contributed by atoms with Gasteiger partial charge >= 0.3 is 0 Å². The fraction of sp³-hybridized carbons (Fsp3) is 0.700. The summed E-state index contributed by atoms with van der Waals surface area (Å²) in [5.74, 6) is 3.71. The molecule has 1 aliphatic rings. The van der Waals surface area contributed by atoms with Crippen LogP contribution in [-0.4, -0.2) is 33.6 Å². The van der Waals surface area contributed by atoms with Gasteiger partial charge in [-0.15, -0.1) is 0 Å². The van der Waals surface area contributed by atoms with E-state index in [0.29, 0.717) is 0 Å². The first-order valence-electron chi connectivity index (χ1n) is 5.15. The minimum Gasteiger partial charge on any atom is -0.334 e. The van der Waals surface area contributed by atoms with E-state index in [1.807, 2.05) is 19.3 Å². The van der Waals surface area contributed by atoms with Crippen molar-refractivity contribution in [3.63, 3.8) is 0 Å². The summed E-state index contributed by atoms with van der Waals surface area (Å²) in [7, 11) is 0. The summed E-state index contributed by atoms with van der Waals surface area (Å²) in [4.78, 5) is 4.20. The van der Waals surface area contributed by atoms with Crippen LogP contribution < -0.4 is 5.32 Å². The molecule has 0 aliphatic carbocycles. The van der Waals surface area contributed by atoms with Crippen molar-refractivity contribution in [3.05, 3.63) is 18.2 Å². The largest absolute Gasteiger partial charge is 0.334 e. The van der Waals surface area contributed by atoms with Gasteiger partial charge in [0, 0.05) is 37.3 Å². The molecule has 3 nitrogen and oxygen atoms in total. The number of aryl methyl sites for hydroxylation is 1. The van der Waals surface area contributed by atoms with Crippen molar-refractivity contribution in [1.82, 2.24) is 14.9 Å². The molecule has 0 bridgehead atoms. The minimum absolute atomic E-state index is 0.740. The molecule has 1 aliphatic heterocycles. The molecule has 0 spiro atoms. The highest BCUT2D eigenvalue weighted by molar-refractivity contribution is 7.99. The quantitative estimate of drug-likeness (QED) is 0.814. The number of hydrogen-bond acceptors (Lipinski definition) is 3. The van der Waals surface area contributed by atoms with Gasteiger partial charge in [-0.1, -0.05) is 0 Å². The van der Waals surface area contributed by atoms with Gasteiger partial charge in [-0.2, -0.15) is 11.8 Å². The fourth-order valence-corrected chi connectivity index (χ4v) is 2.91. The van der Waals surface area contributed by atoms with Crippen LogP contribution in [0, 0.1) is 6.92 Å². The van der Waals surface area contributed by atoms with Crippen molar-refractivity contribution in [2.75, 3.05) is 18.1 Å². The van der Waals surface area contributed by atoms with Gasteiger partial charge in [0.1, 0.15) is 5.82 Å². The molecule has 0 amide bonds. The van der Waals surface area contributed by atoms with Gasteiger partial charge < -0.3 is 9.88 Å². The van der Waals surface area contributed by atoms with E-state index in [1.54, 1.807) is 0 Å². The lowest BCUT2D eigenvalue weighted by Crippen LogP contribution is -2.31. The minimum atomic E-state index is 0.740. The number of imidazole rings is 1. The number of nitrogens with one attached hydrogen (secondary N) is 1. The Morgan fingerprint density at radius 3 is 3.29 bits per heavy atom. The second-order valence-electron chi connectivity index (χ2n) is 3.68. The fourth-order valence-electron chi connectivity index (χ4n) is 1.72. The molecular formula is C10H17N3S. The lowest BCUT2D eigenvalue weighted by atomic mass is 10.2. The molecule has 1 unspecified atom stereocenters. The molecule has 0 radical (unpaired) electrons. The lowest BCUT2D eigenvalue weighted by Gasteiger charge is -2.11. The molecule has 0 saturated carbocycles. The van der Waals surface area contributed by atoms with Crippen LogP contribution in [0.25, 0.3) is 0 Å². The van der Waals surface area contributed by atoms with E-state index >= 15 is 0 Å². The molecule has 1 N–H and O–H groups in total. The molecule has 78 valence electrons. The first-order chi connectivity index (χ1) is 6.86. The van der Waals surface area contributed by atoms with Crippen LogP contribution >= 0.6 is 11.8 Å². The van der Waals surface area contributed by atoms with E-state index in [1.165, 1.54) is 17.9 Å². The molecule has 1 fully saturated rings.